The minimum atomic E-state index is -0.396. The lowest BCUT2D eigenvalue weighted by atomic mass is 10.2. The third kappa shape index (κ3) is 6.03. The summed E-state index contributed by atoms with van der Waals surface area (Å²) in [7, 11) is 2.83. The van der Waals surface area contributed by atoms with Crippen molar-refractivity contribution >= 4 is 23.7 Å². The topological polar surface area (TPSA) is 109 Å². The quantitative estimate of drug-likeness (QED) is 0.487. The molecule has 0 radical (unpaired) electrons. The van der Waals surface area contributed by atoms with E-state index in [2.05, 4.69) is 15.8 Å². The lowest BCUT2D eigenvalue weighted by Crippen LogP contribution is -2.20. The molecule has 2 aromatic rings. The van der Waals surface area contributed by atoms with Gasteiger partial charge in [0.2, 0.25) is 17.6 Å². The van der Waals surface area contributed by atoms with Crippen molar-refractivity contribution in [3.05, 3.63) is 48.0 Å². The number of rotatable bonds is 8. The normalized spacial score (nSPS) is 10.4. The number of methoxy groups -OCH3 is 2. The van der Waals surface area contributed by atoms with Gasteiger partial charge in [0.25, 0.3) is 0 Å². The molecule has 0 spiro atoms. The van der Waals surface area contributed by atoms with Crippen LogP contribution in [0, 0.1) is 0 Å². The third-order valence-electron chi connectivity index (χ3n) is 3.54. The molecular formula is C19H21N3O5. The van der Waals surface area contributed by atoms with Crippen molar-refractivity contribution in [3.63, 3.8) is 0 Å². The van der Waals surface area contributed by atoms with Crippen LogP contribution in [0.25, 0.3) is 0 Å². The van der Waals surface area contributed by atoms with Gasteiger partial charge in [-0.3, -0.25) is 9.59 Å². The summed E-state index contributed by atoms with van der Waals surface area (Å²) in [5.74, 6) is -0.328. The van der Waals surface area contributed by atoms with Crippen molar-refractivity contribution in [3.8, 4) is 17.2 Å². The van der Waals surface area contributed by atoms with Crippen molar-refractivity contribution in [2.75, 3.05) is 19.5 Å². The van der Waals surface area contributed by atoms with E-state index in [1.54, 1.807) is 24.3 Å². The molecule has 0 aromatic heterocycles. The number of phenolic OH excluding ortho intramolecular Hbond substituents is 1. The van der Waals surface area contributed by atoms with Crippen LogP contribution in [-0.2, 0) is 9.59 Å². The molecule has 0 bridgehead atoms. The molecule has 2 aromatic carbocycles. The number of hydrogen-bond acceptors (Lipinski definition) is 6. The third-order valence-corrected chi connectivity index (χ3v) is 3.54. The standard InChI is InChI=1S/C19H21N3O5/c1-26-15-10-13(11-16(27-2)19(15)25)12-20-22-18(24)9-8-17(23)21-14-6-4-3-5-7-14/h3-7,10-12,25H,8-9H2,1-2H3,(H,21,23)(H,22,24)/b20-12+. The van der Waals surface area contributed by atoms with Gasteiger partial charge in [0, 0.05) is 24.1 Å². The van der Waals surface area contributed by atoms with E-state index < -0.39 is 5.91 Å². The van der Waals surface area contributed by atoms with Crippen LogP contribution in [0.2, 0.25) is 0 Å². The molecular weight excluding hydrogens is 350 g/mol. The lowest BCUT2D eigenvalue weighted by Gasteiger charge is -2.09. The first-order chi connectivity index (χ1) is 13.0. The van der Waals surface area contributed by atoms with E-state index in [9.17, 15) is 14.7 Å². The van der Waals surface area contributed by atoms with Gasteiger partial charge in [-0.15, -0.1) is 0 Å². The second-order valence-corrected chi connectivity index (χ2v) is 5.48. The van der Waals surface area contributed by atoms with E-state index in [0.29, 0.717) is 11.3 Å². The van der Waals surface area contributed by atoms with Crippen LogP contribution in [-0.4, -0.2) is 37.4 Å². The number of benzene rings is 2. The van der Waals surface area contributed by atoms with E-state index in [-0.39, 0.29) is 36.0 Å². The molecule has 2 amide bonds. The Morgan fingerprint density at radius 3 is 2.22 bits per heavy atom. The Kier molecular flexibility index (Phi) is 7.18. The van der Waals surface area contributed by atoms with Crippen LogP contribution in [0.4, 0.5) is 5.69 Å². The maximum atomic E-state index is 11.8. The number of carbonyl (C=O) groups is 2. The number of nitrogens with zero attached hydrogens (tertiary/aromatic N) is 1. The van der Waals surface area contributed by atoms with Crippen LogP contribution >= 0.6 is 0 Å². The molecule has 0 aliphatic carbocycles. The lowest BCUT2D eigenvalue weighted by molar-refractivity contribution is -0.124. The van der Waals surface area contributed by atoms with Crippen molar-refractivity contribution in [2.45, 2.75) is 12.8 Å². The zero-order valence-corrected chi connectivity index (χ0v) is 15.1. The summed E-state index contributed by atoms with van der Waals surface area (Å²) in [5, 5.41) is 16.4. The molecule has 8 heteroatoms. The highest BCUT2D eigenvalue weighted by Crippen LogP contribution is 2.36. The van der Waals surface area contributed by atoms with E-state index in [1.165, 1.54) is 20.4 Å². The predicted octanol–water partition coefficient (Wildman–Crippen LogP) is 2.28. The Balaban J connectivity index is 1.83. The van der Waals surface area contributed by atoms with E-state index in [0.717, 1.165) is 0 Å². The van der Waals surface area contributed by atoms with Gasteiger partial charge in [-0.25, -0.2) is 5.43 Å². The number of phenols is 1. The SMILES string of the molecule is COc1cc(/C=N/NC(=O)CCC(=O)Nc2ccccc2)cc(OC)c1O. The predicted molar refractivity (Wildman–Crippen MR) is 101 cm³/mol. The van der Waals surface area contributed by atoms with Crippen molar-refractivity contribution in [2.24, 2.45) is 5.10 Å². The average Bonchev–Trinajstić information content (AvgIpc) is 2.68. The number of carbonyl (C=O) groups excluding carboxylic acids is 2. The first-order valence-electron chi connectivity index (χ1n) is 8.15. The average molecular weight is 371 g/mol. The maximum absolute atomic E-state index is 11.8. The molecule has 27 heavy (non-hydrogen) atoms. The zero-order valence-electron chi connectivity index (χ0n) is 15.1. The van der Waals surface area contributed by atoms with Gasteiger partial charge in [-0.1, -0.05) is 18.2 Å². The summed E-state index contributed by atoms with van der Waals surface area (Å²) in [4.78, 5) is 23.6. The number of aromatic hydroxyl groups is 1. The van der Waals surface area contributed by atoms with Crippen LogP contribution < -0.4 is 20.2 Å². The molecule has 3 N–H and O–H groups in total. The minimum absolute atomic E-state index is 0.00176. The number of hydrogen-bond donors (Lipinski definition) is 3. The smallest absolute Gasteiger partial charge is 0.240 e. The molecule has 142 valence electrons. The molecule has 2 rings (SSSR count). The first kappa shape index (κ1) is 19.8. The van der Waals surface area contributed by atoms with E-state index in [4.69, 9.17) is 9.47 Å². The molecule has 0 saturated heterocycles. The monoisotopic (exact) mass is 371 g/mol. The molecule has 0 saturated carbocycles. The van der Waals surface area contributed by atoms with E-state index in [1.807, 2.05) is 18.2 Å². The van der Waals surface area contributed by atoms with Crippen molar-refractivity contribution in [1.29, 1.82) is 0 Å². The van der Waals surface area contributed by atoms with Gasteiger partial charge in [0.1, 0.15) is 0 Å². The molecule has 0 unspecified atom stereocenters. The zero-order chi connectivity index (χ0) is 19.6. The van der Waals surface area contributed by atoms with Gasteiger partial charge in [0.05, 0.1) is 20.4 Å². The summed E-state index contributed by atoms with van der Waals surface area (Å²) in [6.07, 6.45) is 1.42. The van der Waals surface area contributed by atoms with Crippen LogP contribution in [0.15, 0.2) is 47.6 Å². The van der Waals surface area contributed by atoms with Gasteiger partial charge >= 0.3 is 0 Å². The number of nitrogens with one attached hydrogen (secondary N) is 2. The van der Waals surface area contributed by atoms with Gasteiger partial charge in [0.15, 0.2) is 11.5 Å². The molecule has 0 atom stereocenters. The highest BCUT2D eigenvalue weighted by atomic mass is 16.5. The van der Waals surface area contributed by atoms with Gasteiger partial charge in [-0.2, -0.15) is 5.10 Å². The Morgan fingerprint density at radius 2 is 1.63 bits per heavy atom. The van der Waals surface area contributed by atoms with Crippen LogP contribution in [0.3, 0.4) is 0 Å². The van der Waals surface area contributed by atoms with E-state index >= 15 is 0 Å². The molecule has 8 nitrogen and oxygen atoms in total. The van der Waals surface area contributed by atoms with Gasteiger partial charge < -0.3 is 19.9 Å². The number of para-hydroxylation sites is 1. The second-order valence-electron chi connectivity index (χ2n) is 5.48. The van der Waals surface area contributed by atoms with Crippen molar-refractivity contribution in [1.82, 2.24) is 5.43 Å². The summed E-state index contributed by atoms with van der Waals surface area (Å²) in [5.41, 5.74) is 3.58. The Hall–Kier alpha value is -3.55. The first-order valence-corrected chi connectivity index (χ1v) is 8.15. The van der Waals surface area contributed by atoms with Gasteiger partial charge in [-0.05, 0) is 24.3 Å². The van der Waals surface area contributed by atoms with Crippen LogP contribution in [0.1, 0.15) is 18.4 Å². The Morgan fingerprint density at radius 1 is 1.04 bits per heavy atom. The molecule has 0 heterocycles. The summed E-state index contributed by atoms with van der Waals surface area (Å²) in [6.45, 7) is 0. The molecule has 0 aliphatic rings. The highest BCUT2D eigenvalue weighted by molar-refractivity contribution is 5.93. The number of hydrazone groups is 1. The maximum Gasteiger partial charge on any atom is 0.240 e. The Labute approximate surface area is 156 Å². The minimum Gasteiger partial charge on any atom is -0.502 e. The molecule has 0 fully saturated rings. The fourth-order valence-corrected chi connectivity index (χ4v) is 2.20. The van der Waals surface area contributed by atoms with Crippen LogP contribution in [0.5, 0.6) is 17.2 Å². The fraction of sp³-hybridized carbons (Fsp3) is 0.211. The Bertz CT molecular complexity index is 796. The summed E-state index contributed by atoms with van der Waals surface area (Å²) in [6, 6.07) is 12.1. The number of ether oxygens (including phenoxy) is 2. The number of anilines is 1. The number of amides is 2. The summed E-state index contributed by atoms with van der Waals surface area (Å²) >= 11 is 0. The fourth-order valence-electron chi connectivity index (χ4n) is 2.20. The largest absolute Gasteiger partial charge is 0.502 e. The molecule has 0 aliphatic heterocycles. The van der Waals surface area contributed by atoms with Crippen molar-refractivity contribution < 1.29 is 24.2 Å². The highest BCUT2D eigenvalue weighted by Gasteiger charge is 2.10. The second kappa shape index (κ2) is 9.81. The summed E-state index contributed by atoms with van der Waals surface area (Å²) < 4.78 is 10.1.